The average Bonchev–Trinajstić information content (AvgIpc) is 2.84. The number of carbonyl (C=O) groups excluding carboxylic acids is 1. The Labute approximate surface area is 193 Å². The summed E-state index contributed by atoms with van der Waals surface area (Å²) in [7, 11) is 0. The minimum atomic E-state index is -0.237. The Morgan fingerprint density at radius 3 is 2.09 bits per heavy atom. The number of para-hydroxylation sites is 1. The molecule has 0 spiro atoms. The number of benzene rings is 4. The summed E-state index contributed by atoms with van der Waals surface area (Å²) >= 11 is 1.67. The zero-order valence-corrected chi connectivity index (χ0v) is 18.8. The summed E-state index contributed by atoms with van der Waals surface area (Å²) in [5.74, 6) is 0.158. The van der Waals surface area contributed by atoms with Gasteiger partial charge in [0.2, 0.25) is 5.91 Å². The Kier molecular flexibility index (Phi) is 5.83. The van der Waals surface area contributed by atoms with Crippen molar-refractivity contribution in [3.8, 4) is 0 Å². The number of hydrogen-bond donors (Lipinski definition) is 0. The first-order chi connectivity index (χ1) is 15.7. The van der Waals surface area contributed by atoms with Gasteiger partial charge in [-0.2, -0.15) is 0 Å². The third-order valence-corrected chi connectivity index (χ3v) is 7.27. The Morgan fingerprint density at radius 2 is 1.38 bits per heavy atom. The number of anilines is 1. The Hall–Kier alpha value is -3.30. The molecule has 1 aliphatic heterocycles. The molecule has 2 nitrogen and oxygen atoms in total. The van der Waals surface area contributed by atoms with Gasteiger partial charge >= 0.3 is 0 Å². The summed E-state index contributed by atoms with van der Waals surface area (Å²) in [6.07, 6.45) is 0. The van der Waals surface area contributed by atoms with E-state index in [2.05, 4.69) is 85.8 Å². The van der Waals surface area contributed by atoms with Crippen molar-refractivity contribution in [1.82, 2.24) is 0 Å². The number of thioether (sulfide) groups is 1. The topological polar surface area (TPSA) is 20.3 Å². The van der Waals surface area contributed by atoms with Gasteiger partial charge in [-0.25, -0.2) is 0 Å². The van der Waals surface area contributed by atoms with E-state index in [9.17, 15) is 4.79 Å². The normalized spacial score (nSPS) is 17.8. The molecule has 0 N–H and O–H groups in total. The molecule has 0 fully saturated rings. The molecule has 1 heterocycles. The number of rotatable bonds is 5. The van der Waals surface area contributed by atoms with Crippen molar-refractivity contribution in [2.75, 3.05) is 4.90 Å². The maximum absolute atomic E-state index is 14.1. The molecule has 0 unspecified atom stereocenters. The summed E-state index contributed by atoms with van der Waals surface area (Å²) in [6, 6.07) is 37.5. The van der Waals surface area contributed by atoms with Crippen molar-refractivity contribution < 1.29 is 4.79 Å². The zero-order valence-electron chi connectivity index (χ0n) is 18.0. The van der Waals surface area contributed by atoms with E-state index in [4.69, 9.17) is 0 Å². The molecule has 3 heteroatoms. The minimum absolute atomic E-state index is 0.00164. The van der Waals surface area contributed by atoms with Gasteiger partial charge < -0.3 is 4.90 Å². The second-order valence-corrected chi connectivity index (χ2v) is 9.42. The first-order valence-corrected chi connectivity index (χ1v) is 11.8. The summed E-state index contributed by atoms with van der Waals surface area (Å²) < 4.78 is 0. The molecular weight excluding hydrogens is 410 g/mol. The van der Waals surface area contributed by atoms with Gasteiger partial charge in [0.25, 0.3) is 0 Å². The fourth-order valence-corrected chi connectivity index (χ4v) is 5.65. The molecule has 4 aromatic carbocycles. The first kappa shape index (κ1) is 20.6. The minimum Gasteiger partial charge on any atom is -0.307 e. The summed E-state index contributed by atoms with van der Waals surface area (Å²) in [5, 5.41) is -0.237. The van der Waals surface area contributed by atoms with Crippen LogP contribution in [-0.4, -0.2) is 11.2 Å². The fourth-order valence-electron chi connectivity index (χ4n) is 4.40. The van der Waals surface area contributed by atoms with E-state index in [1.165, 1.54) is 16.7 Å². The van der Waals surface area contributed by atoms with E-state index in [0.717, 1.165) is 16.1 Å². The predicted octanol–water partition coefficient (Wildman–Crippen LogP) is 6.83. The monoisotopic (exact) mass is 435 g/mol. The Balaban J connectivity index is 1.61. The van der Waals surface area contributed by atoms with Crippen molar-refractivity contribution >= 4 is 23.4 Å². The van der Waals surface area contributed by atoms with Crippen molar-refractivity contribution in [2.45, 2.75) is 29.5 Å². The second kappa shape index (κ2) is 9.05. The second-order valence-electron chi connectivity index (χ2n) is 8.21. The molecule has 4 aromatic rings. The summed E-state index contributed by atoms with van der Waals surface area (Å²) in [6.45, 7) is 2.66. The summed E-state index contributed by atoms with van der Waals surface area (Å²) in [5.41, 5.74) is 5.75. The van der Waals surface area contributed by atoms with Crippen LogP contribution in [-0.2, 0) is 11.3 Å². The smallest absolute Gasteiger partial charge is 0.241 e. The van der Waals surface area contributed by atoms with Crippen molar-refractivity contribution in [1.29, 1.82) is 0 Å². The summed E-state index contributed by atoms with van der Waals surface area (Å²) in [4.78, 5) is 17.1. The van der Waals surface area contributed by atoms with Crippen LogP contribution in [0.3, 0.4) is 0 Å². The number of hydrogen-bond acceptors (Lipinski definition) is 2. The van der Waals surface area contributed by atoms with Crippen LogP contribution >= 0.6 is 11.8 Å². The van der Waals surface area contributed by atoms with Gasteiger partial charge in [0, 0.05) is 16.5 Å². The average molecular weight is 436 g/mol. The highest BCUT2D eigenvalue weighted by Crippen LogP contribution is 2.46. The van der Waals surface area contributed by atoms with Crippen LogP contribution in [0.2, 0.25) is 0 Å². The quantitative estimate of drug-likeness (QED) is 0.342. The Bertz CT molecular complexity index is 1200. The van der Waals surface area contributed by atoms with Crippen molar-refractivity contribution in [3.63, 3.8) is 0 Å². The lowest BCUT2D eigenvalue weighted by Gasteiger charge is -2.39. The highest BCUT2D eigenvalue weighted by atomic mass is 32.2. The van der Waals surface area contributed by atoms with Crippen molar-refractivity contribution in [3.05, 3.63) is 131 Å². The number of fused-ring (bicyclic) bond motifs is 1. The van der Waals surface area contributed by atoms with Crippen LogP contribution in [0.25, 0.3) is 0 Å². The van der Waals surface area contributed by atoms with Gasteiger partial charge in [0.15, 0.2) is 0 Å². The molecule has 0 aliphatic carbocycles. The van der Waals surface area contributed by atoms with E-state index in [0.29, 0.717) is 6.54 Å². The molecule has 0 radical (unpaired) electrons. The largest absolute Gasteiger partial charge is 0.307 e. The number of nitrogens with zero attached hydrogens (tertiary/aromatic N) is 1. The Morgan fingerprint density at radius 1 is 0.750 bits per heavy atom. The molecule has 1 aliphatic rings. The number of amides is 1. The molecule has 2 atom stereocenters. The van der Waals surface area contributed by atoms with Gasteiger partial charge in [-0.15, -0.1) is 11.8 Å². The maximum Gasteiger partial charge on any atom is 0.241 e. The van der Waals surface area contributed by atoms with Gasteiger partial charge in [0.1, 0.15) is 0 Å². The molecule has 158 valence electrons. The molecule has 5 rings (SSSR count). The molecule has 0 bridgehead atoms. The number of carbonyl (C=O) groups is 1. The third kappa shape index (κ3) is 4.09. The van der Waals surface area contributed by atoms with Crippen molar-refractivity contribution in [2.24, 2.45) is 0 Å². The van der Waals surface area contributed by atoms with E-state index in [1.807, 2.05) is 35.2 Å². The highest BCUT2D eigenvalue weighted by molar-refractivity contribution is 8.00. The van der Waals surface area contributed by atoms with Crippen LogP contribution in [0.15, 0.2) is 114 Å². The van der Waals surface area contributed by atoms with Crippen LogP contribution in [0.4, 0.5) is 5.69 Å². The van der Waals surface area contributed by atoms with E-state index in [-0.39, 0.29) is 17.1 Å². The van der Waals surface area contributed by atoms with Gasteiger partial charge in [-0.3, -0.25) is 4.79 Å². The van der Waals surface area contributed by atoms with E-state index < -0.39 is 0 Å². The lowest BCUT2D eigenvalue weighted by molar-refractivity contribution is -0.118. The zero-order chi connectivity index (χ0) is 21.9. The highest BCUT2D eigenvalue weighted by Gasteiger charge is 2.41. The van der Waals surface area contributed by atoms with Crippen LogP contribution < -0.4 is 4.90 Å². The molecular formula is C29H25NOS. The maximum atomic E-state index is 14.1. The molecule has 0 saturated heterocycles. The van der Waals surface area contributed by atoms with Gasteiger partial charge in [-0.1, -0.05) is 96.6 Å². The first-order valence-electron chi connectivity index (χ1n) is 10.9. The standard InChI is InChI=1S/C29H25NOS/c1-21-16-18-24(19-17-21)32-28-27(23-12-6-3-7-13-23)25-14-8-9-15-26(25)30(29(28)31)20-22-10-4-2-5-11-22/h2-19,27-28H,20H2,1H3/t27-,28-/m0/s1. The predicted molar refractivity (Wildman–Crippen MR) is 133 cm³/mol. The van der Waals surface area contributed by atoms with E-state index in [1.54, 1.807) is 11.8 Å². The van der Waals surface area contributed by atoms with Crippen LogP contribution in [0, 0.1) is 6.92 Å². The molecule has 1 amide bonds. The van der Waals surface area contributed by atoms with E-state index >= 15 is 0 Å². The third-order valence-electron chi connectivity index (χ3n) is 6.00. The van der Waals surface area contributed by atoms with Crippen LogP contribution in [0.1, 0.15) is 28.2 Å². The van der Waals surface area contributed by atoms with Gasteiger partial charge in [0.05, 0.1) is 11.8 Å². The molecule has 32 heavy (non-hydrogen) atoms. The molecule has 0 saturated carbocycles. The molecule has 0 aromatic heterocycles. The fraction of sp³-hybridized carbons (Fsp3) is 0.138. The SMILES string of the molecule is Cc1ccc(S[C@@H]2C(=O)N(Cc3ccccc3)c3ccccc3[C@@H]2c2ccccc2)cc1. The number of aryl methyl sites for hydroxylation is 1. The lowest BCUT2D eigenvalue weighted by atomic mass is 9.83. The lowest BCUT2D eigenvalue weighted by Crippen LogP contribution is -2.45. The van der Waals surface area contributed by atoms with Gasteiger partial charge in [-0.05, 0) is 41.8 Å². The van der Waals surface area contributed by atoms with Crippen LogP contribution in [0.5, 0.6) is 0 Å².